The van der Waals surface area contributed by atoms with Crippen molar-refractivity contribution < 1.29 is 31.2 Å². The van der Waals surface area contributed by atoms with Gasteiger partial charge in [0.05, 0.1) is 12.1 Å². The molecule has 0 saturated carbocycles. The fourth-order valence-corrected chi connectivity index (χ4v) is 5.48. The Morgan fingerprint density at radius 2 is 1.35 bits per heavy atom. The molecule has 1 amide bonds. The average molecular weight is 496 g/mol. The molecule has 0 aliphatic heterocycles. The van der Waals surface area contributed by atoms with Gasteiger partial charge in [0.2, 0.25) is 16.6 Å². The zero-order valence-electron chi connectivity index (χ0n) is 20.2. The van der Waals surface area contributed by atoms with Crippen LogP contribution in [0.25, 0.3) is 0 Å². The number of benzene rings is 1. The molecular formula is C20H36F3NO4Si3. The van der Waals surface area contributed by atoms with Crippen LogP contribution in [0.5, 0.6) is 11.5 Å². The number of alkyl halides is 3. The molecule has 0 spiro atoms. The third-order valence-corrected chi connectivity index (χ3v) is 6.31. The molecule has 1 rings (SSSR count). The minimum absolute atomic E-state index is 0.553. The molecule has 31 heavy (non-hydrogen) atoms. The van der Waals surface area contributed by atoms with E-state index < -0.39 is 49.2 Å². The van der Waals surface area contributed by atoms with E-state index in [4.69, 9.17) is 13.3 Å². The highest BCUT2D eigenvalue weighted by Gasteiger charge is 2.41. The second-order valence-electron chi connectivity index (χ2n) is 10.5. The summed E-state index contributed by atoms with van der Waals surface area (Å²) >= 11 is 0. The van der Waals surface area contributed by atoms with Crippen LogP contribution in [0.3, 0.4) is 0 Å². The topological polar surface area (TPSA) is 56.8 Å². The number of rotatable bonds is 9. The van der Waals surface area contributed by atoms with E-state index in [-0.39, 0.29) is 0 Å². The predicted molar refractivity (Wildman–Crippen MR) is 125 cm³/mol. The molecule has 1 N–H and O–H groups in total. The summed E-state index contributed by atoms with van der Waals surface area (Å²) in [5.41, 5.74) is 0.633. The maximum absolute atomic E-state index is 12.8. The van der Waals surface area contributed by atoms with Gasteiger partial charge in [-0.25, -0.2) is 0 Å². The van der Waals surface area contributed by atoms with Crippen molar-refractivity contribution in [3.8, 4) is 11.5 Å². The molecule has 1 aromatic rings. The van der Waals surface area contributed by atoms with Crippen LogP contribution in [-0.2, 0) is 9.22 Å². The monoisotopic (exact) mass is 495 g/mol. The molecule has 2 atom stereocenters. The van der Waals surface area contributed by atoms with E-state index in [0.717, 1.165) is 0 Å². The predicted octanol–water partition coefficient (Wildman–Crippen LogP) is 6.07. The number of halogens is 3. The molecule has 0 fully saturated rings. The van der Waals surface area contributed by atoms with Crippen molar-refractivity contribution in [2.75, 3.05) is 0 Å². The van der Waals surface area contributed by atoms with Gasteiger partial charge in [0.15, 0.2) is 8.32 Å². The number of hydrogen-bond acceptors (Lipinski definition) is 4. The summed E-state index contributed by atoms with van der Waals surface area (Å²) in [7, 11) is -6.09. The number of hydrogen-bond donors (Lipinski definition) is 1. The summed E-state index contributed by atoms with van der Waals surface area (Å²) in [6, 6.07) is 4.42. The van der Waals surface area contributed by atoms with Crippen LogP contribution in [0.4, 0.5) is 13.2 Å². The molecule has 178 valence electrons. The summed E-state index contributed by atoms with van der Waals surface area (Å²) in [4.78, 5) is 11.5. The summed E-state index contributed by atoms with van der Waals surface area (Å²) in [6.07, 6.45) is -5.72. The first-order chi connectivity index (χ1) is 13.7. The fraction of sp³-hybridized carbons (Fsp3) is 0.650. The van der Waals surface area contributed by atoms with Crippen molar-refractivity contribution in [1.29, 1.82) is 0 Å². The summed E-state index contributed by atoms with van der Waals surface area (Å²) in [5.74, 6) is -0.817. The molecule has 5 nitrogen and oxygen atoms in total. The van der Waals surface area contributed by atoms with Gasteiger partial charge in [0, 0.05) is 0 Å². The van der Waals surface area contributed by atoms with Gasteiger partial charge in [-0.15, -0.1) is 0 Å². The van der Waals surface area contributed by atoms with Gasteiger partial charge in [0.1, 0.15) is 11.5 Å². The molecule has 0 saturated heterocycles. The maximum Gasteiger partial charge on any atom is 0.471 e. The van der Waals surface area contributed by atoms with Gasteiger partial charge in [0.25, 0.3) is 0 Å². The lowest BCUT2D eigenvalue weighted by atomic mass is 10.0. The Balaban J connectivity index is 3.42. The first kappa shape index (κ1) is 27.7. The Kier molecular flexibility index (Phi) is 8.65. The van der Waals surface area contributed by atoms with Gasteiger partial charge < -0.3 is 18.6 Å². The lowest BCUT2D eigenvalue weighted by molar-refractivity contribution is -0.174. The Morgan fingerprint density at radius 3 is 1.77 bits per heavy atom. The Labute approximate surface area is 187 Å². The third-order valence-electron chi connectivity index (χ3n) is 3.68. The smallest absolute Gasteiger partial charge is 0.471 e. The second-order valence-corrected chi connectivity index (χ2v) is 23.9. The summed E-state index contributed by atoms with van der Waals surface area (Å²) < 4.78 is 57.0. The number of amides is 1. The minimum Gasteiger partial charge on any atom is -0.542 e. The van der Waals surface area contributed by atoms with Gasteiger partial charge in [-0.2, -0.15) is 13.2 Å². The Morgan fingerprint density at radius 1 is 0.871 bits per heavy atom. The van der Waals surface area contributed by atoms with Crippen molar-refractivity contribution >= 4 is 30.9 Å². The highest BCUT2D eigenvalue weighted by Crippen LogP contribution is 2.37. The van der Waals surface area contributed by atoms with Crippen LogP contribution in [0, 0.1) is 0 Å². The van der Waals surface area contributed by atoms with Crippen molar-refractivity contribution in [1.82, 2.24) is 5.32 Å². The quantitative estimate of drug-likeness (QED) is 0.422. The van der Waals surface area contributed by atoms with E-state index in [2.05, 4.69) is 19.6 Å². The lowest BCUT2D eigenvalue weighted by Gasteiger charge is -2.33. The molecule has 0 aliphatic carbocycles. The average Bonchev–Trinajstić information content (AvgIpc) is 2.49. The highest BCUT2D eigenvalue weighted by atomic mass is 28.4. The number of carbonyl (C=O) groups is 1. The summed E-state index contributed by atoms with van der Waals surface area (Å²) in [6.45, 7) is 19.7. The molecule has 0 bridgehead atoms. The molecule has 1 aromatic carbocycles. The highest BCUT2D eigenvalue weighted by molar-refractivity contribution is 6.71. The zero-order chi connectivity index (χ0) is 24.4. The summed E-state index contributed by atoms with van der Waals surface area (Å²) in [5, 5.41) is 2.04. The Hall–Kier alpha value is -1.31. The van der Waals surface area contributed by atoms with Crippen LogP contribution in [0.2, 0.25) is 58.9 Å². The van der Waals surface area contributed by atoms with E-state index in [1.807, 2.05) is 44.6 Å². The fourth-order valence-electron chi connectivity index (χ4n) is 2.73. The molecule has 11 heteroatoms. The molecule has 0 radical (unpaired) electrons. The van der Waals surface area contributed by atoms with Gasteiger partial charge >= 0.3 is 12.1 Å². The molecule has 2 unspecified atom stereocenters. The van der Waals surface area contributed by atoms with Crippen LogP contribution in [0.1, 0.15) is 18.6 Å². The second kappa shape index (κ2) is 9.67. The van der Waals surface area contributed by atoms with Crippen LogP contribution < -0.4 is 14.2 Å². The van der Waals surface area contributed by atoms with Crippen LogP contribution in [0.15, 0.2) is 18.2 Å². The largest absolute Gasteiger partial charge is 0.542 e. The maximum atomic E-state index is 12.8. The van der Waals surface area contributed by atoms with Crippen molar-refractivity contribution in [3.63, 3.8) is 0 Å². The first-order valence-corrected chi connectivity index (χ1v) is 20.5. The van der Waals surface area contributed by atoms with Gasteiger partial charge in [-0.3, -0.25) is 4.79 Å². The lowest BCUT2D eigenvalue weighted by Crippen LogP contribution is -2.46. The molecule has 0 aromatic heterocycles. The van der Waals surface area contributed by atoms with E-state index in [1.165, 1.54) is 6.92 Å². The Bertz CT molecular complexity index is 769. The molecule has 0 aliphatic rings. The van der Waals surface area contributed by atoms with Crippen LogP contribution in [-0.4, -0.2) is 43.1 Å². The van der Waals surface area contributed by atoms with Crippen molar-refractivity contribution in [3.05, 3.63) is 23.8 Å². The SMILES string of the molecule is CC(NC(=O)C(F)(F)F)C(O[Si](C)(C)C)c1ccc(O[Si](C)(C)C)c(O[Si](C)(C)C)c1. The van der Waals surface area contributed by atoms with Crippen LogP contribution >= 0.6 is 0 Å². The minimum atomic E-state index is -4.96. The van der Waals surface area contributed by atoms with E-state index in [0.29, 0.717) is 17.1 Å². The molecule has 0 heterocycles. The van der Waals surface area contributed by atoms with Gasteiger partial charge in [-0.1, -0.05) is 6.07 Å². The number of nitrogens with one attached hydrogen (secondary N) is 1. The van der Waals surface area contributed by atoms with E-state index >= 15 is 0 Å². The van der Waals surface area contributed by atoms with Gasteiger partial charge in [-0.05, 0) is 83.5 Å². The van der Waals surface area contributed by atoms with Crippen molar-refractivity contribution in [2.24, 2.45) is 0 Å². The molecular weight excluding hydrogens is 459 g/mol. The first-order valence-electron chi connectivity index (χ1n) is 10.3. The standard InChI is InChI=1S/C20H36F3NO4Si3/c1-14(24-19(25)20(21,22)23)18(28-31(8,9)10)15-11-12-16(26-29(2,3)4)17(13-15)27-30(5,6)7/h11-14,18H,1-10H3,(H,24,25). The normalized spacial score (nSPS) is 15.3. The third kappa shape index (κ3) is 10.2. The zero-order valence-corrected chi connectivity index (χ0v) is 23.2. The van der Waals surface area contributed by atoms with E-state index in [9.17, 15) is 18.0 Å². The number of carbonyl (C=O) groups excluding carboxylic acids is 1. The van der Waals surface area contributed by atoms with Crippen molar-refractivity contribution in [2.45, 2.75) is 84.2 Å². The van der Waals surface area contributed by atoms with E-state index in [1.54, 1.807) is 18.2 Å².